The maximum absolute atomic E-state index is 5.90. The molecule has 1 saturated carbocycles. The van der Waals surface area contributed by atoms with Gasteiger partial charge < -0.3 is 10.2 Å². The van der Waals surface area contributed by atoms with E-state index >= 15 is 0 Å². The second-order valence-corrected chi connectivity index (χ2v) is 4.19. The van der Waals surface area contributed by atoms with Gasteiger partial charge in [-0.05, 0) is 31.9 Å². The normalized spacial score (nSPS) is 15.3. The summed E-state index contributed by atoms with van der Waals surface area (Å²) < 4.78 is 5.36. The largest absolute Gasteiger partial charge is 0.463 e. The number of anilines is 1. The van der Waals surface area contributed by atoms with Crippen LogP contribution in [-0.2, 0) is 0 Å². The van der Waals surface area contributed by atoms with Crippen LogP contribution < -0.4 is 5.73 Å². The number of nitrogens with two attached hydrogens (primary N) is 1. The van der Waals surface area contributed by atoms with E-state index in [-0.39, 0.29) is 0 Å². The lowest BCUT2D eigenvalue weighted by Gasteiger charge is -2.07. The molecule has 2 aromatic rings. The summed E-state index contributed by atoms with van der Waals surface area (Å²) in [4.78, 5) is 8.88. The summed E-state index contributed by atoms with van der Waals surface area (Å²) >= 11 is 0. The van der Waals surface area contributed by atoms with Gasteiger partial charge in [-0.2, -0.15) is 0 Å². The second-order valence-electron chi connectivity index (χ2n) is 4.19. The topological polar surface area (TPSA) is 64.9 Å². The van der Waals surface area contributed by atoms with Crippen LogP contribution >= 0.6 is 0 Å². The molecular weight excluding hydrogens is 202 g/mol. The maximum Gasteiger partial charge on any atom is 0.152 e. The molecule has 0 unspecified atom stereocenters. The molecule has 0 saturated heterocycles. The van der Waals surface area contributed by atoms with E-state index in [1.807, 2.05) is 19.1 Å². The number of aromatic nitrogens is 2. The fraction of sp³-hybridized carbons (Fsp3) is 0.333. The molecule has 4 nitrogen and oxygen atoms in total. The molecule has 0 radical (unpaired) electrons. The lowest BCUT2D eigenvalue weighted by molar-refractivity contribution is 0.578. The molecule has 1 fully saturated rings. The van der Waals surface area contributed by atoms with Gasteiger partial charge in [-0.1, -0.05) is 0 Å². The first-order valence-corrected chi connectivity index (χ1v) is 5.43. The maximum atomic E-state index is 5.90. The first-order chi connectivity index (χ1) is 7.75. The Morgan fingerprint density at radius 3 is 2.81 bits per heavy atom. The highest BCUT2D eigenvalue weighted by molar-refractivity contribution is 5.62. The third kappa shape index (κ3) is 1.46. The highest BCUT2D eigenvalue weighted by atomic mass is 16.3. The molecule has 0 bridgehead atoms. The highest BCUT2D eigenvalue weighted by Gasteiger charge is 2.28. The van der Waals surface area contributed by atoms with Crippen LogP contribution in [0.25, 0.3) is 11.5 Å². The van der Waals surface area contributed by atoms with Crippen molar-refractivity contribution in [3.8, 4) is 11.5 Å². The SMILES string of the molecule is Cc1c(N)nc(C2CC2)nc1-c1ccco1. The molecule has 0 aliphatic heterocycles. The van der Waals surface area contributed by atoms with Crippen molar-refractivity contribution < 1.29 is 4.42 Å². The fourth-order valence-corrected chi connectivity index (χ4v) is 1.73. The van der Waals surface area contributed by atoms with Crippen LogP contribution in [0.4, 0.5) is 5.82 Å². The number of nitrogen functional groups attached to an aromatic ring is 1. The number of hydrogen-bond acceptors (Lipinski definition) is 4. The summed E-state index contributed by atoms with van der Waals surface area (Å²) in [6.45, 7) is 1.92. The standard InChI is InChI=1S/C12H13N3O/c1-7-10(9-3-2-6-16-9)14-12(8-4-5-8)15-11(7)13/h2-3,6,8H,4-5H2,1H3,(H2,13,14,15). The zero-order valence-corrected chi connectivity index (χ0v) is 9.10. The molecule has 1 aliphatic carbocycles. The van der Waals surface area contributed by atoms with Crippen molar-refractivity contribution in [3.05, 3.63) is 29.8 Å². The van der Waals surface area contributed by atoms with Crippen molar-refractivity contribution in [3.63, 3.8) is 0 Å². The molecule has 3 rings (SSSR count). The summed E-state index contributed by atoms with van der Waals surface area (Å²) in [5.41, 5.74) is 7.61. The van der Waals surface area contributed by atoms with Crippen LogP contribution in [0, 0.1) is 6.92 Å². The van der Waals surface area contributed by atoms with Gasteiger partial charge in [0, 0.05) is 11.5 Å². The Bertz CT molecular complexity index is 515. The Hall–Kier alpha value is -1.84. The molecule has 0 amide bonds. The molecule has 2 heterocycles. The van der Waals surface area contributed by atoms with Crippen LogP contribution in [0.1, 0.15) is 30.1 Å². The monoisotopic (exact) mass is 215 g/mol. The van der Waals surface area contributed by atoms with Crippen LogP contribution in [0.2, 0.25) is 0 Å². The first-order valence-electron chi connectivity index (χ1n) is 5.43. The van der Waals surface area contributed by atoms with Crippen LogP contribution in [0.5, 0.6) is 0 Å². The number of furan rings is 1. The third-order valence-corrected chi connectivity index (χ3v) is 2.90. The Labute approximate surface area is 93.5 Å². The summed E-state index contributed by atoms with van der Waals surface area (Å²) in [6, 6.07) is 3.75. The van der Waals surface area contributed by atoms with Crippen molar-refractivity contribution in [1.29, 1.82) is 0 Å². The van der Waals surface area contributed by atoms with E-state index in [1.165, 1.54) is 12.8 Å². The Balaban J connectivity index is 2.15. The Morgan fingerprint density at radius 2 is 2.19 bits per heavy atom. The predicted molar refractivity (Wildman–Crippen MR) is 60.9 cm³/mol. The van der Waals surface area contributed by atoms with Gasteiger partial charge in [0.2, 0.25) is 0 Å². The van der Waals surface area contributed by atoms with Gasteiger partial charge in [-0.15, -0.1) is 0 Å². The second kappa shape index (κ2) is 3.33. The minimum absolute atomic E-state index is 0.497. The van der Waals surface area contributed by atoms with E-state index in [0.717, 1.165) is 22.8 Å². The van der Waals surface area contributed by atoms with Crippen molar-refractivity contribution in [2.45, 2.75) is 25.7 Å². The predicted octanol–water partition coefficient (Wildman–Crippen LogP) is 2.50. The zero-order valence-electron chi connectivity index (χ0n) is 9.10. The Kier molecular flexibility index (Phi) is 1.96. The van der Waals surface area contributed by atoms with Gasteiger partial charge in [0.1, 0.15) is 17.3 Å². The minimum Gasteiger partial charge on any atom is -0.463 e. The molecule has 4 heteroatoms. The molecule has 16 heavy (non-hydrogen) atoms. The van der Waals surface area contributed by atoms with Crippen molar-refractivity contribution in [2.24, 2.45) is 0 Å². The summed E-state index contributed by atoms with van der Waals surface area (Å²) in [6.07, 6.45) is 3.98. The van der Waals surface area contributed by atoms with Crippen LogP contribution in [0.15, 0.2) is 22.8 Å². The van der Waals surface area contributed by atoms with Crippen molar-refractivity contribution >= 4 is 5.82 Å². The minimum atomic E-state index is 0.497. The molecule has 0 aromatic carbocycles. The average molecular weight is 215 g/mol. The summed E-state index contributed by atoms with van der Waals surface area (Å²) in [5.74, 6) is 2.67. The third-order valence-electron chi connectivity index (χ3n) is 2.90. The van der Waals surface area contributed by atoms with Gasteiger partial charge >= 0.3 is 0 Å². The number of nitrogens with zero attached hydrogens (tertiary/aromatic N) is 2. The molecule has 2 N–H and O–H groups in total. The molecule has 1 aliphatic rings. The van der Waals surface area contributed by atoms with Crippen molar-refractivity contribution in [2.75, 3.05) is 5.73 Å². The van der Waals surface area contributed by atoms with E-state index in [0.29, 0.717) is 11.7 Å². The number of rotatable bonds is 2. The van der Waals surface area contributed by atoms with E-state index in [1.54, 1.807) is 6.26 Å². The van der Waals surface area contributed by atoms with Crippen LogP contribution in [-0.4, -0.2) is 9.97 Å². The molecular formula is C12H13N3O. The van der Waals surface area contributed by atoms with Gasteiger partial charge in [0.15, 0.2) is 5.76 Å². The van der Waals surface area contributed by atoms with E-state index in [9.17, 15) is 0 Å². The van der Waals surface area contributed by atoms with Crippen molar-refractivity contribution in [1.82, 2.24) is 9.97 Å². The lowest BCUT2D eigenvalue weighted by Crippen LogP contribution is -2.03. The summed E-state index contributed by atoms with van der Waals surface area (Å²) in [5, 5.41) is 0. The number of hydrogen-bond donors (Lipinski definition) is 1. The quantitative estimate of drug-likeness (QED) is 0.835. The van der Waals surface area contributed by atoms with Gasteiger partial charge in [0.05, 0.1) is 6.26 Å². The molecule has 0 spiro atoms. The molecule has 2 aromatic heterocycles. The summed E-state index contributed by atoms with van der Waals surface area (Å²) in [7, 11) is 0. The highest BCUT2D eigenvalue weighted by Crippen LogP contribution is 2.39. The van der Waals surface area contributed by atoms with E-state index in [2.05, 4.69) is 9.97 Å². The molecule has 82 valence electrons. The smallest absolute Gasteiger partial charge is 0.152 e. The van der Waals surface area contributed by atoms with Gasteiger partial charge in [-0.25, -0.2) is 9.97 Å². The van der Waals surface area contributed by atoms with Crippen LogP contribution in [0.3, 0.4) is 0 Å². The zero-order chi connectivity index (χ0) is 11.1. The first kappa shape index (κ1) is 9.39. The molecule has 0 atom stereocenters. The van der Waals surface area contributed by atoms with E-state index < -0.39 is 0 Å². The Morgan fingerprint density at radius 1 is 1.38 bits per heavy atom. The average Bonchev–Trinajstić information content (AvgIpc) is 2.98. The van der Waals surface area contributed by atoms with Gasteiger partial charge in [-0.3, -0.25) is 0 Å². The van der Waals surface area contributed by atoms with E-state index in [4.69, 9.17) is 10.2 Å². The van der Waals surface area contributed by atoms with Gasteiger partial charge in [0.25, 0.3) is 0 Å². The lowest BCUT2D eigenvalue weighted by atomic mass is 10.2. The fourth-order valence-electron chi connectivity index (χ4n) is 1.73.